The lowest BCUT2D eigenvalue weighted by atomic mass is 9.76. The van der Waals surface area contributed by atoms with Crippen LogP contribution in [0.3, 0.4) is 0 Å². The van der Waals surface area contributed by atoms with Crippen LogP contribution in [0.1, 0.15) is 36.5 Å². The zero-order valence-corrected chi connectivity index (χ0v) is 21.0. The lowest BCUT2D eigenvalue weighted by Crippen LogP contribution is -2.35. The Bertz CT molecular complexity index is 1580. The van der Waals surface area contributed by atoms with Crippen molar-refractivity contribution < 1.29 is 24.4 Å². The van der Waals surface area contributed by atoms with E-state index in [0.29, 0.717) is 46.1 Å². The molecule has 1 saturated heterocycles. The molecule has 2 aromatic carbocycles. The molecule has 9 heteroatoms. The SMILES string of the molecule is CO[C@@H]1C[C@]2(CCOc3ccc(Cl)cn3)O[C@@]1(C)c1c2c(O)n(-c2ccc(C#N)c3ccccc23)c1O. The third kappa shape index (κ3) is 3.32. The van der Waals surface area contributed by atoms with Gasteiger partial charge in [0.15, 0.2) is 0 Å². The minimum absolute atomic E-state index is 0.106. The Morgan fingerprint density at radius 1 is 1.14 bits per heavy atom. The molecular formula is C28H24ClN3O5. The topological polar surface area (TPSA) is 110 Å². The van der Waals surface area contributed by atoms with E-state index in [-0.39, 0.29) is 24.5 Å². The summed E-state index contributed by atoms with van der Waals surface area (Å²) >= 11 is 5.92. The lowest BCUT2D eigenvalue weighted by Gasteiger charge is -2.28. The van der Waals surface area contributed by atoms with Crippen molar-refractivity contribution >= 4 is 22.4 Å². The molecule has 2 N–H and O–H groups in total. The molecular weight excluding hydrogens is 494 g/mol. The van der Waals surface area contributed by atoms with Crippen molar-refractivity contribution in [1.29, 1.82) is 5.26 Å². The fraction of sp³-hybridized carbons (Fsp3) is 0.286. The molecule has 188 valence electrons. The summed E-state index contributed by atoms with van der Waals surface area (Å²) in [5.74, 6) is 0.204. The standard InChI is InChI=1S/C28H24ClN3O5/c1-27-21(35-2)13-28(37-27,11-12-36-22-10-8-17(29)15-31-22)24-23(27)25(33)32(26(24)34)20-9-7-16(14-30)18-5-3-4-6-19(18)20/h3-10,15,21,33-34H,11-13H2,1-2H3/t21-,27-,28+/m1/s1. The molecule has 0 aliphatic carbocycles. The van der Waals surface area contributed by atoms with E-state index in [4.69, 9.17) is 25.8 Å². The fourth-order valence-electron chi connectivity index (χ4n) is 5.98. The first-order valence-corrected chi connectivity index (χ1v) is 12.3. The van der Waals surface area contributed by atoms with E-state index in [1.807, 2.05) is 31.2 Å². The summed E-state index contributed by atoms with van der Waals surface area (Å²) in [5.41, 5.74) is 0.192. The van der Waals surface area contributed by atoms with Crippen LogP contribution in [-0.4, -0.2) is 39.6 Å². The van der Waals surface area contributed by atoms with Crippen molar-refractivity contribution in [3.05, 3.63) is 76.4 Å². The van der Waals surface area contributed by atoms with Crippen molar-refractivity contribution in [2.75, 3.05) is 13.7 Å². The van der Waals surface area contributed by atoms with Crippen LogP contribution < -0.4 is 4.74 Å². The van der Waals surface area contributed by atoms with Crippen molar-refractivity contribution in [3.8, 4) is 29.4 Å². The molecule has 0 radical (unpaired) electrons. The number of benzene rings is 2. The summed E-state index contributed by atoms with van der Waals surface area (Å²) in [7, 11) is 1.61. The third-order valence-corrected chi connectivity index (χ3v) is 7.84. The van der Waals surface area contributed by atoms with Crippen molar-refractivity contribution in [3.63, 3.8) is 0 Å². The van der Waals surface area contributed by atoms with E-state index in [1.54, 1.807) is 31.4 Å². The number of pyridine rings is 1. The Kier molecular flexibility index (Phi) is 5.35. The molecule has 4 aromatic rings. The van der Waals surface area contributed by atoms with E-state index in [2.05, 4.69) is 11.1 Å². The first-order chi connectivity index (χ1) is 17.8. The Morgan fingerprint density at radius 3 is 2.59 bits per heavy atom. The number of ether oxygens (including phenoxy) is 3. The van der Waals surface area contributed by atoms with Crippen LogP contribution in [0.2, 0.25) is 5.02 Å². The smallest absolute Gasteiger partial charge is 0.213 e. The van der Waals surface area contributed by atoms with Gasteiger partial charge in [0.25, 0.3) is 0 Å². The molecule has 2 aromatic heterocycles. The molecule has 1 fully saturated rings. The van der Waals surface area contributed by atoms with Crippen molar-refractivity contribution in [2.45, 2.75) is 37.1 Å². The number of methoxy groups -OCH3 is 1. The molecule has 0 saturated carbocycles. The molecule has 2 aliphatic heterocycles. The van der Waals surface area contributed by atoms with Gasteiger partial charge in [-0.05, 0) is 25.1 Å². The normalized spacial score (nSPS) is 23.8. The zero-order valence-electron chi connectivity index (χ0n) is 20.2. The van der Waals surface area contributed by atoms with Crippen molar-refractivity contribution in [1.82, 2.24) is 9.55 Å². The maximum absolute atomic E-state index is 11.6. The van der Waals surface area contributed by atoms with Gasteiger partial charge < -0.3 is 24.4 Å². The second kappa shape index (κ2) is 8.38. The van der Waals surface area contributed by atoms with Gasteiger partial charge in [0.1, 0.15) is 11.2 Å². The third-order valence-electron chi connectivity index (χ3n) is 7.61. The van der Waals surface area contributed by atoms with Gasteiger partial charge in [-0.2, -0.15) is 5.26 Å². The van der Waals surface area contributed by atoms with Crippen LogP contribution >= 0.6 is 11.6 Å². The monoisotopic (exact) mass is 517 g/mol. The quantitative estimate of drug-likeness (QED) is 0.357. The highest BCUT2D eigenvalue weighted by Crippen LogP contribution is 2.66. The molecule has 8 nitrogen and oxygen atoms in total. The molecule has 0 spiro atoms. The van der Waals surface area contributed by atoms with Gasteiger partial charge in [-0.1, -0.05) is 35.9 Å². The molecule has 2 bridgehead atoms. The predicted octanol–water partition coefficient (Wildman–Crippen LogP) is 5.29. The van der Waals surface area contributed by atoms with Gasteiger partial charge in [0.05, 0.1) is 46.2 Å². The number of nitrogens with zero attached hydrogens (tertiary/aromatic N) is 3. The predicted molar refractivity (Wildman–Crippen MR) is 136 cm³/mol. The highest BCUT2D eigenvalue weighted by atomic mass is 35.5. The second-order valence-electron chi connectivity index (χ2n) is 9.57. The number of hydrogen-bond donors (Lipinski definition) is 2. The van der Waals surface area contributed by atoms with Crippen LogP contribution in [0.5, 0.6) is 17.6 Å². The minimum atomic E-state index is -0.974. The van der Waals surface area contributed by atoms with E-state index < -0.39 is 11.2 Å². The Hall–Kier alpha value is -3.77. The van der Waals surface area contributed by atoms with Crippen molar-refractivity contribution in [2.24, 2.45) is 0 Å². The van der Waals surface area contributed by atoms with Crippen LogP contribution in [-0.2, 0) is 20.7 Å². The van der Waals surface area contributed by atoms with E-state index in [9.17, 15) is 15.5 Å². The highest BCUT2D eigenvalue weighted by Gasteiger charge is 2.66. The number of rotatable bonds is 6. The first kappa shape index (κ1) is 23.6. The van der Waals surface area contributed by atoms with Gasteiger partial charge in [-0.15, -0.1) is 0 Å². The molecule has 37 heavy (non-hydrogen) atoms. The Balaban J connectivity index is 1.46. The van der Waals surface area contributed by atoms with Gasteiger partial charge in [0.2, 0.25) is 17.6 Å². The second-order valence-corrected chi connectivity index (χ2v) is 10.0. The van der Waals surface area contributed by atoms with Crippen LogP contribution in [0, 0.1) is 11.3 Å². The van der Waals surface area contributed by atoms with E-state index >= 15 is 0 Å². The largest absolute Gasteiger partial charge is 0.494 e. The molecule has 3 atom stereocenters. The zero-order chi connectivity index (χ0) is 25.9. The van der Waals surface area contributed by atoms with E-state index in [0.717, 1.165) is 10.8 Å². The maximum Gasteiger partial charge on any atom is 0.213 e. The summed E-state index contributed by atoms with van der Waals surface area (Å²) < 4.78 is 19.7. The number of aromatic nitrogens is 2. The van der Waals surface area contributed by atoms with Gasteiger partial charge in [-0.3, -0.25) is 4.57 Å². The van der Waals surface area contributed by atoms with Gasteiger partial charge >= 0.3 is 0 Å². The number of halogens is 1. The van der Waals surface area contributed by atoms with Crippen LogP contribution in [0.25, 0.3) is 16.5 Å². The molecule has 6 rings (SSSR count). The molecule has 2 aliphatic rings. The van der Waals surface area contributed by atoms with Crippen LogP contribution in [0.15, 0.2) is 54.7 Å². The number of fused-ring (bicyclic) bond motifs is 6. The summed E-state index contributed by atoms with van der Waals surface area (Å²) in [6, 6.07) is 16.4. The Morgan fingerprint density at radius 2 is 1.89 bits per heavy atom. The fourth-order valence-corrected chi connectivity index (χ4v) is 6.09. The number of hydrogen-bond acceptors (Lipinski definition) is 7. The van der Waals surface area contributed by atoms with E-state index in [1.165, 1.54) is 10.8 Å². The maximum atomic E-state index is 11.6. The summed E-state index contributed by atoms with van der Waals surface area (Å²) in [5, 5.41) is 34.7. The summed E-state index contributed by atoms with van der Waals surface area (Å²) in [4.78, 5) is 4.17. The number of aromatic hydroxyl groups is 2. The highest BCUT2D eigenvalue weighted by molar-refractivity contribution is 6.30. The molecule has 0 amide bonds. The molecule has 4 heterocycles. The number of nitriles is 1. The summed E-state index contributed by atoms with van der Waals surface area (Å²) in [6.07, 6.45) is 2.05. The lowest BCUT2D eigenvalue weighted by molar-refractivity contribution is -0.112. The van der Waals surface area contributed by atoms with Gasteiger partial charge in [0, 0.05) is 43.0 Å². The molecule has 0 unspecified atom stereocenters. The average molecular weight is 518 g/mol. The first-order valence-electron chi connectivity index (χ1n) is 11.9. The minimum Gasteiger partial charge on any atom is -0.494 e. The summed E-state index contributed by atoms with van der Waals surface area (Å²) in [6.45, 7) is 2.13. The van der Waals surface area contributed by atoms with Gasteiger partial charge in [-0.25, -0.2) is 4.98 Å². The Labute approximate surface area is 218 Å². The average Bonchev–Trinajstić information content (AvgIpc) is 3.46. The van der Waals surface area contributed by atoms with Crippen LogP contribution in [0.4, 0.5) is 0 Å².